The molecule has 1 fully saturated rings. The van der Waals surface area contributed by atoms with E-state index in [1.54, 1.807) is 0 Å². The van der Waals surface area contributed by atoms with Gasteiger partial charge in [-0.15, -0.1) is 0 Å². The van der Waals surface area contributed by atoms with E-state index in [0.717, 1.165) is 54.4 Å². The summed E-state index contributed by atoms with van der Waals surface area (Å²) in [5.41, 5.74) is 2.66. The highest BCUT2D eigenvalue weighted by Crippen LogP contribution is 2.29. The molecule has 0 N–H and O–H groups in total. The number of fused-ring (bicyclic) bond motifs is 1. The maximum atomic E-state index is 12.9. The molecule has 25 heavy (non-hydrogen) atoms. The number of amides is 1. The molecule has 0 saturated carbocycles. The third kappa shape index (κ3) is 3.25. The molecule has 2 aromatic rings. The first-order valence-corrected chi connectivity index (χ1v) is 9.27. The molecular formula is C19H22ClN3O2. The molecule has 4 rings (SSSR count). The van der Waals surface area contributed by atoms with Crippen LogP contribution >= 0.6 is 11.6 Å². The summed E-state index contributed by atoms with van der Waals surface area (Å²) in [5, 5.41) is 4.83. The van der Waals surface area contributed by atoms with Crippen molar-refractivity contribution >= 4 is 23.2 Å². The molecule has 0 radical (unpaired) electrons. The predicted molar refractivity (Wildman–Crippen MR) is 97.3 cm³/mol. The molecule has 0 spiro atoms. The van der Waals surface area contributed by atoms with Crippen molar-refractivity contribution in [2.24, 2.45) is 5.92 Å². The Hall–Kier alpha value is -2.01. The Labute approximate surface area is 152 Å². The van der Waals surface area contributed by atoms with Gasteiger partial charge in [-0.1, -0.05) is 29.7 Å². The number of hydrogen-bond acceptors (Lipinski definition) is 4. The lowest BCUT2D eigenvalue weighted by molar-refractivity contribution is 0.0735. The van der Waals surface area contributed by atoms with Gasteiger partial charge in [0, 0.05) is 48.9 Å². The number of nitrogens with zero attached hydrogens (tertiary/aromatic N) is 3. The number of rotatable bonds is 2. The highest BCUT2D eigenvalue weighted by atomic mass is 35.5. The average Bonchev–Trinajstić information content (AvgIpc) is 3.04. The van der Waals surface area contributed by atoms with E-state index in [-0.39, 0.29) is 5.91 Å². The van der Waals surface area contributed by atoms with Gasteiger partial charge >= 0.3 is 0 Å². The molecule has 1 aromatic carbocycles. The molecule has 1 amide bonds. The first-order valence-electron chi connectivity index (χ1n) is 8.89. The van der Waals surface area contributed by atoms with Crippen molar-refractivity contribution in [1.29, 1.82) is 0 Å². The summed E-state index contributed by atoms with van der Waals surface area (Å²) in [6, 6.07) is 7.85. The van der Waals surface area contributed by atoms with E-state index in [1.165, 1.54) is 0 Å². The zero-order chi connectivity index (χ0) is 17.4. The second-order valence-electron chi connectivity index (χ2n) is 7.04. The summed E-state index contributed by atoms with van der Waals surface area (Å²) >= 11 is 6.08. The number of piperazine rings is 1. The SMILES string of the molecule is C[C@@H]1CCc2onc(C(=O)N3CCN(c4cccc(Cl)c4)CC3)c2C1. The van der Waals surface area contributed by atoms with Gasteiger partial charge in [-0.3, -0.25) is 4.79 Å². The fraction of sp³-hybridized carbons (Fsp3) is 0.474. The Morgan fingerprint density at radius 3 is 2.84 bits per heavy atom. The summed E-state index contributed by atoms with van der Waals surface area (Å²) in [4.78, 5) is 17.0. The molecule has 1 atom stereocenters. The summed E-state index contributed by atoms with van der Waals surface area (Å²) in [6.07, 6.45) is 2.88. The molecule has 0 unspecified atom stereocenters. The lowest BCUT2D eigenvalue weighted by Crippen LogP contribution is -2.49. The van der Waals surface area contributed by atoms with Gasteiger partial charge < -0.3 is 14.3 Å². The van der Waals surface area contributed by atoms with Crippen LogP contribution in [0.4, 0.5) is 5.69 Å². The van der Waals surface area contributed by atoms with Crippen LogP contribution in [0.15, 0.2) is 28.8 Å². The van der Waals surface area contributed by atoms with Crippen LogP contribution in [0.2, 0.25) is 5.02 Å². The van der Waals surface area contributed by atoms with Gasteiger partial charge in [-0.25, -0.2) is 0 Å². The van der Waals surface area contributed by atoms with E-state index in [4.69, 9.17) is 16.1 Å². The van der Waals surface area contributed by atoms with Crippen molar-refractivity contribution in [3.05, 3.63) is 46.3 Å². The van der Waals surface area contributed by atoms with Crippen LogP contribution in [0.5, 0.6) is 0 Å². The van der Waals surface area contributed by atoms with Gasteiger partial charge in [-0.2, -0.15) is 0 Å². The fourth-order valence-electron chi connectivity index (χ4n) is 3.74. The summed E-state index contributed by atoms with van der Waals surface area (Å²) in [7, 11) is 0. The zero-order valence-electron chi connectivity index (χ0n) is 14.4. The number of aryl methyl sites for hydroxylation is 1. The molecule has 6 heteroatoms. The minimum Gasteiger partial charge on any atom is -0.368 e. The van der Waals surface area contributed by atoms with E-state index in [0.29, 0.717) is 24.7 Å². The van der Waals surface area contributed by atoms with Crippen molar-refractivity contribution in [3.8, 4) is 0 Å². The van der Waals surface area contributed by atoms with Crippen LogP contribution in [-0.2, 0) is 12.8 Å². The molecule has 1 saturated heterocycles. The number of aromatic nitrogens is 1. The van der Waals surface area contributed by atoms with E-state index in [1.807, 2.05) is 23.1 Å². The minimum absolute atomic E-state index is 0.00449. The van der Waals surface area contributed by atoms with E-state index < -0.39 is 0 Å². The normalized spacial score (nSPS) is 20.5. The van der Waals surface area contributed by atoms with Gasteiger partial charge in [-0.05, 0) is 37.0 Å². The summed E-state index contributed by atoms with van der Waals surface area (Å²) in [5.74, 6) is 1.49. The van der Waals surface area contributed by atoms with Crippen LogP contribution in [0.25, 0.3) is 0 Å². The molecule has 1 aromatic heterocycles. The highest BCUT2D eigenvalue weighted by Gasteiger charge is 2.31. The summed E-state index contributed by atoms with van der Waals surface area (Å²) in [6.45, 7) is 5.17. The Kier molecular flexibility index (Phi) is 4.42. The van der Waals surface area contributed by atoms with Crippen LogP contribution in [0.1, 0.15) is 35.2 Å². The van der Waals surface area contributed by atoms with Crippen molar-refractivity contribution in [2.45, 2.75) is 26.2 Å². The Balaban J connectivity index is 1.44. The maximum absolute atomic E-state index is 12.9. The molecule has 0 bridgehead atoms. The van der Waals surface area contributed by atoms with Crippen LogP contribution in [0.3, 0.4) is 0 Å². The second-order valence-corrected chi connectivity index (χ2v) is 7.48. The number of benzene rings is 1. The third-order valence-corrected chi connectivity index (χ3v) is 5.46. The largest absolute Gasteiger partial charge is 0.368 e. The Morgan fingerprint density at radius 2 is 2.08 bits per heavy atom. The van der Waals surface area contributed by atoms with Gasteiger partial charge in [0.25, 0.3) is 5.91 Å². The molecule has 1 aliphatic heterocycles. The van der Waals surface area contributed by atoms with Crippen LogP contribution < -0.4 is 4.90 Å². The number of anilines is 1. The standard InChI is InChI=1S/C19H22ClN3O2/c1-13-5-6-17-16(11-13)18(21-25-17)19(24)23-9-7-22(8-10-23)15-4-2-3-14(20)12-15/h2-4,12-13H,5-11H2,1H3/t13-/m1/s1. The van der Waals surface area contributed by atoms with Gasteiger partial charge in [0.15, 0.2) is 5.69 Å². The van der Waals surface area contributed by atoms with Crippen LogP contribution in [0, 0.1) is 5.92 Å². The minimum atomic E-state index is 0.00449. The topological polar surface area (TPSA) is 49.6 Å². The molecule has 5 nitrogen and oxygen atoms in total. The molecule has 1 aliphatic carbocycles. The number of halogens is 1. The van der Waals surface area contributed by atoms with Gasteiger partial charge in [0.05, 0.1) is 0 Å². The zero-order valence-corrected chi connectivity index (χ0v) is 15.1. The van der Waals surface area contributed by atoms with Crippen molar-refractivity contribution < 1.29 is 9.32 Å². The first kappa shape index (κ1) is 16.5. The summed E-state index contributed by atoms with van der Waals surface area (Å²) < 4.78 is 5.43. The van der Waals surface area contributed by atoms with E-state index in [2.05, 4.69) is 23.0 Å². The number of carbonyl (C=O) groups is 1. The quantitative estimate of drug-likeness (QED) is 0.824. The lowest BCUT2D eigenvalue weighted by Gasteiger charge is -2.36. The third-order valence-electron chi connectivity index (χ3n) is 5.23. The van der Waals surface area contributed by atoms with Crippen molar-refractivity contribution in [3.63, 3.8) is 0 Å². The maximum Gasteiger partial charge on any atom is 0.276 e. The highest BCUT2D eigenvalue weighted by molar-refractivity contribution is 6.30. The van der Waals surface area contributed by atoms with Gasteiger partial charge in [0.2, 0.25) is 0 Å². The average molecular weight is 360 g/mol. The van der Waals surface area contributed by atoms with Crippen molar-refractivity contribution in [2.75, 3.05) is 31.1 Å². The fourth-order valence-corrected chi connectivity index (χ4v) is 3.92. The Bertz CT molecular complexity index is 781. The van der Waals surface area contributed by atoms with Crippen molar-refractivity contribution in [1.82, 2.24) is 10.1 Å². The predicted octanol–water partition coefficient (Wildman–Crippen LogP) is 3.42. The molecule has 132 valence electrons. The Morgan fingerprint density at radius 1 is 1.28 bits per heavy atom. The van der Waals surface area contributed by atoms with E-state index >= 15 is 0 Å². The number of hydrogen-bond donors (Lipinski definition) is 0. The molecule has 2 heterocycles. The monoisotopic (exact) mass is 359 g/mol. The molecule has 2 aliphatic rings. The van der Waals surface area contributed by atoms with Crippen LogP contribution in [-0.4, -0.2) is 42.1 Å². The van der Waals surface area contributed by atoms with E-state index in [9.17, 15) is 4.79 Å². The molecular weight excluding hydrogens is 338 g/mol. The van der Waals surface area contributed by atoms with Gasteiger partial charge in [0.1, 0.15) is 5.76 Å². The lowest BCUT2D eigenvalue weighted by atomic mass is 9.88. The first-order chi connectivity index (χ1) is 12.1. The smallest absolute Gasteiger partial charge is 0.276 e. The number of carbonyl (C=O) groups excluding carboxylic acids is 1. The second kappa shape index (κ2) is 6.71.